The monoisotopic (exact) mass is 353 g/mol. The number of nitrogens with zero attached hydrogens (tertiary/aromatic N) is 2. The number of rotatable bonds is 4. The number of anilines is 1. The first-order valence-electron chi connectivity index (χ1n) is 7.92. The standard InChI is InChI=1S/C18H15N3O5/c1-23-13-5-2-11(3-6-13)17-20-21-18(26-17)16(22)19-12-4-7-14-15(10-12)25-9-8-24-14/h2-7,10H,8-9H2,1H3,(H,19,22). The number of carbonyl (C=O) groups excluding carboxylic acids is 1. The van der Waals surface area contributed by atoms with Crippen LogP contribution >= 0.6 is 0 Å². The Hall–Kier alpha value is -3.55. The Balaban J connectivity index is 1.49. The van der Waals surface area contributed by atoms with Crippen LogP contribution in [0.4, 0.5) is 5.69 Å². The summed E-state index contributed by atoms with van der Waals surface area (Å²) in [5, 5.41) is 10.4. The smallest absolute Gasteiger partial charge is 0.313 e. The van der Waals surface area contributed by atoms with Crippen LogP contribution in [0.25, 0.3) is 11.5 Å². The predicted octanol–water partition coefficient (Wildman–Crippen LogP) is 2.77. The molecule has 8 nitrogen and oxygen atoms in total. The van der Waals surface area contributed by atoms with Gasteiger partial charge >= 0.3 is 11.8 Å². The Morgan fingerprint density at radius 3 is 2.58 bits per heavy atom. The zero-order valence-electron chi connectivity index (χ0n) is 13.9. The molecule has 0 fully saturated rings. The summed E-state index contributed by atoms with van der Waals surface area (Å²) in [5.41, 5.74) is 1.24. The Kier molecular flexibility index (Phi) is 4.14. The van der Waals surface area contributed by atoms with Crippen molar-refractivity contribution in [3.63, 3.8) is 0 Å². The van der Waals surface area contributed by atoms with Gasteiger partial charge in [0.15, 0.2) is 11.5 Å². The minimum absolute atomic E-state index is 0.134. The first-order valence-corrected chi connectivity index (χ1v) is 7.92. The van der Waals surface area contributed by atoms with E-state index in [1.807, 2.05) is 0 Å². The van der Waals surface area contributed by atoms with Gasteiger partial charge in [-0.1, -0.05) is 0 Å². The highest BCUT2D eigenvalue weighted by atomic mass is 16.6. The van der Waals surface area contributed by atoms with E-state index in [4.69, 9.17) is 18.6 Å². The van der Waals surface area contributed by atoms with Crippen molar-refractivity contribution in [1.82, 2.24) is 10.2 Å². The zero-order chi connectivity index (χ0) is 17.9. The normalized spacial score (nSPS) is 12.5. The average molecular weight is 353 g/mol. The molecule has 1 aromatic heterocycles. The second-order valence-electron chi connectivity index (χ2n) is 5.45. The highest BCUT2D eigenvalue weighted by Gasteiger charge is 2.18. The minimum Gasteiger partial charge on any atom is -0.497 e. The van der Waals surface area contributed by atoms with Crippen molar-refractivity contribution < 1.29 is 23.4 Å². The summed E-state index contributed by atoms with van der Waals surface area (Å²) in [6.07, 6.45) is 0. The summed E-state index contributed by atoms with van der Waals surface area (Å²) < 4.78 is 21.5. The molecule has 1 amide bonds. The van der Waals surface area contributed by atoms with Gasteiger partial charge in [-0.2, -0.15) is 0 Å². The fourth-order valence-electron chi connectivity index (χ4n) is 2.47. The van der Waals surface area contributed by atoms with Gasteiger partial charge in [-0.15, -0.1) is 10.2 Å². The summed E-state index contributed by atoms with van der Waals surface area (Å²) in [6.45, 7) is 0.980. The molecule has 0 saturated carbocycles. The van der Waals surface area contributed by atoms with Crippen LogP contribution in [0.15, 0.2) is 46.9 Å². The number of carbonyl (C=O) groups is 1. The van der Waals surface area contributed by atoms with E-state index in [1.165, 1.54) is 0 Å². The van der Waals surface area contributed by atoms with Gasteiger partial charge < -0.3 is 23.9 Å². The van der Waals surface area contributed by atoms with Gasteiger partial charge in [0.25, 0.3) is 0 Å². The second kappa shape index (κ2) is 6.75. The molecule has 2 aromatic carbocycles. The summed E-state index contributed by atoms with van der Waals surface area (Å²) in [7, 11) is 1.59. The molecule has 0 aliphatic carbocycles. The van der Waals surface area contributed by atoms with E-state index in [0.717, 1.165) is 0 Å². The number of aromatic nitrogens is 2. The molecular formula is C18H15N3O5. The number of hydrogen-bond donors (Lipinski definition) is 1. The average Bonchev–Trinajstić information content (AvgIpc) is 3.18. The number of amides is 1. The molecule has 2 heterocycles. The highest BCUT2D eigenvalue weighted by Crippen LogP contribution is 2.32. The Bertz CT molecular complexity index is 936. The molecule has 0 atom stereocenters. The topological polar surface area (TPSA) is 95.7 Å². The first-order chi connectivity index (χ1) is 12.7. The first kappa shape index (κ1) is 15.9. The van der Waals surface area contributed by atoms with Crippen LogP contribution in [0, 0.1) is 0 Å². The lowest BCUT2D eigenvalue weighted by Crippen LogP contribution is -2.16. The van der Waals surface area contributed by atoms with Crippen molar-refractivity contribution in [2.45, 2.75) is 0 Å². The molecule has 0 radical (unpaired) electrons. The van der Waals surface area contributed by atoms with Crippen LogP contribution in [0.5, 0.6) is 17.2 Å². The number of hydrogen-bond acceptors (Lipinski definition) is 7. The van der Waals surface area contributed by atoms with Crippen molar-refractivity contribution >= 4 is 11.6 Å². The third kappa shape index (κ3) is 3.16. The van der Waals surface area contributed by atoms with Crippen LogP contribution in [0.2, 0.25) is 0 Å². The molecule has 1 aliphatic heterocycles. The molecule has 0 spiro atoms. The van der Waals surface area contributed by atoms with Crippen molar-refractivity contribution in [2.75, 3.05) is 25.6 Å². The molecule has 132 valence electrons. The van der Waals surface area contributed by atoms with Crippen LogP contribution in [0.3, 0.4) is 0 Å². The zero-order valence-corrected chi connectivity index (χ0v) is 13.9. The van der Waals surface area contributed by atoms with Gasteiger partial charge in [0, 0.05) is 17.3 Å². The lowest BCUT2D eigenvalue weighted by Gasteiger charge is -2.18. The van der Waals surface area contributed by atoms with E-state index in [0.29, 0.717) is 41.7 Å². The van der Waals surface area contributed by atoms with Gasteiger partial charge in [-0.3, -0.25) is 4.79 Å². The molecule has 8 heteroatoms. The summed E-state index contributed by atoms with van der Waals surface area (Å²) in [5.74, 6) is 1.55. The summed E-state index contributed by atoms with van der Waals surface area (Å²) in [6, 6.07) is 12.2. The maximum absolute atomic E-state index is 12.3. The van der Waals surface area contributed by atoms with Crippen molar-refractivity contribution in [2.24, 2.45) is 0 Å². The lowest BCUT2D eigenvalue weighted by molar-refractivity contribution is 0.0990. The van der Waals surface area contributed by atoms with Gasteiger partial charge in [-0.25, -0.2) is 0 Å². The van der Waals surface area contributed by atoms with Crippen LogP contribution in [-0.4, -0.2) is 36.4 Å². The van der Waals surface area contributed by atoms with E-state index in [-0.39, 0.29) is 11.8 Å². The number of fused-ring (bicyclic) bond motifs is 1. The predicted molar refractivity (Wildman–Crippen MR) is 91.7 cm³/mol. The maximum atomic E-state index is 12.3. The quantitative estimate of drug-likeness (QED) is 0.770. The van der Waals surface area contributed by atoms with Gasteiger partial charge in [0.2, 0.25) is 5.89 Å². The van der Waals surface area contributed by atoms with E-state index in [9.17, 15) is 4.79 Å². The van der Waals surface area contributed by atoms with E-state index < -0.39 is 5.91 Å². The maximum Gasteiger partial charge on any atom is 0.313 e. The van der Waals surface area contributed by atoms with E-state index in [1.54, 1.807) is 49.6 Å². The van der Waals surface area contributed by atoms with Crippen LogP contribution < -0.4 is 19.5 Å². The largest absolute Gasteiger partial charge is 0.497 e. The minimum atomic E-state index is -0.506. The van der Waals surface area contributed by atoms with Crippen molar-refractivity contribution in [1.29, 1.82) is 0 Å². The van der Waals surface area contributed by atoms with Crippen molar-refractivity contribution in [3.05, 3.63) is 48.4 Å². The van der Waals surface area contributed by atoms with E-state index >= 15 is 0 Å². The van der Waals surface area contributed by atoms with Gasteiger partial charge in [0.1, 0.15) is 19.0 Å². The number of benzene rings is 2. The van der Waals surface area contributed by atoms with Gasteiger partial charge in [-0.05, 0) is 36.4 Å². The van der Waals surface area contributed by atoms with Crippen molar-refractivity contribution in [3.8, 4) is 28.7 Å². The molecule has 3 aromatic rings. The lowest BCUT2D eigenvalue weighted by atomic mass is 10.2. The third-order valence-electron chi connectivity index (χ3n) is 3.76. The molecular weight excluding hydrogens is 338 g/mol. The number of nitrogens with one attached hydrogen (secondary N) is 1. The van der Waals surface area contributed by atoms with Crippen LogP contribution in [0.1, 0.15) is 10.7 Å². The Labute approximate surface area is 148 Å². The fourth-order valence-corrected chi connectivity index (χ4v) is 2.47. The summed E-state index contributed by atoms with van der Waals surface area (Å²) in [4.78, 5) is 12.3. The molecule has 1 N–H and O–H groups in total. The molecule has 26 heavy (non-hydrogen) atoms. The van der Waals surface area contributed by atoms with Crippen LogP contribution in [-0.2, 0) is 0 Å². The number of methoxy groups -OCH3 is 1. The SMILES string of the molecule is COc1ccc(-c2nnc(C(=O)Nc3ccc4c(c3)OCCO4)o2)cc1. The molecule has 0 bridgehead atoms. The van der Waals surface area contributed by atoms with E-state index in [2.05, 4.69) is 15.5 Å². The molecule has 0 saturated heterocycles. The number of ether oxygens (including phenoxy) is 3. The highest BCUT2D eigenvalue weighted by molar-refractivity contribution is 6.01. The molecule has 1 aliphatic rings. The molecule has 0 unspecified atom stereocenters. The Morgan fingerprint density at radius 1 is 1.04 bits per heavy atom. The Morgan fingerprint density at radius 2 is 1.81 bits per heavy atom. The van der Waals surface area contributed by atoms with Gasteiger partial charge in [0.05, 0.1) is 7.11 Å². The fraction of sp³-hybridized carbons (Fsp3) is 0.167. The third-order valence-corrected chi connectivity index (χ3v) is 3.76. The second-order valence-corrected chi connectivity index (χ2v) is 5.45. The molecule has 4 rings (SSSR count). The summed E-state index contributed by atoms with van der Waals surface area (Å²) >= 11 is 0.